The molecule has 0 radical (unpaired) electrons. The van der Waals surface area contributed by atoms with E-state index in [2.05, 4.69) is 15.9 Å². The van der Waals surface area contributed by atoms with Crippen molar-refractivity contribution in [1.29, 1.82) is 0 Å². The van der Waals surface area contributed by atoms with Crippen LogP contribution in [0.1, 0.15) is 10.6 Å². The second kappa shape index (κ2) is 4.91. The molecule has 1 aromatic carbocycles. The molecule has 0 aliphatic rings. The average Bonchev–Trinajstić information content (AvgIpc) is 2.77. The highest BCUT2D eigenvalue weighted by Crippen LogP contribution is 2.31. The third-order valence-electron chi connectivity index (χ3n) is 2.13. The number of amides is 1. The van der Waals surface area contributed by atoms with Gasteiger partial charge in [0.15, 0.2) is 5.76 Å². The number of nitrogens with one attached hydrogen (secondary N) is 1. The molecule has 0 fully saturated rings. The van der Waals surface area contributed by atoms with E-state index in [4.69, 9.17) is 21.2 Å². The minimum Gasteiger partial charge on any atom is -0.451 e. The first-order chi connectivity index (χ1) is 8.11. The van der Waals surface area contributed by atoms with Crippen molar-refractivity contribution in [2.45, 2.75) is 0 Å². The minimum atomic E-state index is -0.704. The molecule has 6 heteroatoms. The molecule has 2 aromatic rings. The predicted molar refractivity (Wildman–Crippen MR) is 66.1 cm³/mol. The van der Waals surface area contributed by atoms with Gasteiger partial charge in [-0.2, -0.15) is 0 Å². The molecule has 0 atom stereocenters. The van der Waals surface area contributed by atoms with Gasteiger partial charge >= 0.3 is 5.91 Å². The van der Waals surface area contributed by atoms with Gasteiger partial charge in [0.25, 0.3) is 0 Å². The first-order valence-corrected chi connectivity index (χ1v) is 5.78. The molecule has 0 bridgehead atoms. The van der Waals surface area contributed by atoms with E-state index in [1.165, 1.54) is 11.5 Å². The normalized spacial score (nSPS) is 10.3. The van der Waals surface area contributed by atoms with Gasteiger partial charge in [0, 0.05) is 10.0 Å². The van der Waals surface area contributed by atoms with E-state index in [0.717, 1.165) is 4.47 Å². The van der Waals surface area contributed by atoms with Crippen molar-refractivity contribution in [3.8, 4) is 11.3 Å². The number of halogens is 2. The van der Waals surface area contributed by atoms with E-state index in [0.29, 0.717) is 16.3 Å². The second-order valence-corrected chi connectivity index (χ2v) is 4.55. The quantitative estimate of drug-likeness (QED) is 0.658. The molecule has 0 unspecified atom stereocenters. The van der Waals surface area contributed by atoms with Gasteiger partial charge in [0.05, 0.1) is 5.02 Å². The first kappa shape index (κ1) is 12.2. The summed E-state index contributed by atoms with van der Waals surface area (Å²) in [5, 5.41) is 8.97. The summed E-state index contributed by atoms with van der Waals surface area (Å²) < 4.78 is 6.12. The van der Waals surface area contributed by atoms with E-state index in [1.54, 1.807) is 18.2 Å². The number of hydrogen-bond acceptors (Lipinski definition) is 3. The number of hydrogen-bond donors (Lipinski definition) is 2. The van der Waals surface area contributed by atoms with Crippen molar-refractivity contribution >= 4 is 33.4 Å². The highest BCUT2D eigenvalue weighted by atomic mass is 79.9. The monoisotopic (exact) mass is 315 g/mol. The number of benzene rings is 1. The molecule has 2 rings (SSSR count). The fourth-order valence-corrected chi connectivity index (χ4v) is 2.12. The Bertz CT molecular complexity index is 568. The largest absolute Gasteiger partial charge is 0.451 e. The summed E-state index contributed by atoms with van der Waals surface area (Å²) in [4.78, 5) is 11.1. The highest BCUT2D eigenvalue weighted by Gasteiger charge is 2.13. The Morgan fingerprint density at radius 1 is 1.35 bits per heavy atom. The smallest absolute Gasteiger partial charge is 0.310 e. The Morgan fingerprint density at radius 2 is 2.12 bits per heavy atom. The zero-order valence-electron chi connectivity index (χ0n) is 8.41. The molecule has 0 aliphatic heterocycles. The molecular formula is C11H7BrClNO3. The third-order valence-corrected chi connectivity index (χ3v) is 2.93. The highest BCUT2D eigenvalue weighted by molar-refractivity contribution is 9.10. The third kappa shape index (κ3) is 2.52. The van der Waals surface area contributed by atoms with Gasteiger partial charge in [0.1, 0.15) is 5.76 Å². The maximum atomic E-state index is 11.1. The number of furan rings is 1. The van der Waals surface area contributed by atoms with Crippen LogP contribution in [0, 0.1) is 0 Å². The molecule has 1 aromatic heterocycles. The molecule has 1 amide bonds. The maximum absolute atomic E-state index is 11.1. The zero-order chi connectivity index (χ0) is 12.4. The van der Waals surface area contributed by atoms with Crippen molar-refractivity contribution in [2.24, 2.45) is 0 Å². The van der Waals surface area contributed by atoms with Crippen LogP contribution in [0.5, 0.6) is 0 Å². The molecule has 88 valence electrons. The van der Waals surface area contributed by atoms with Gasteiger partial charge in [-0.05, 0) is 30.3 Å². The molecule has 2 N–H and O–H groups in total. The van der Waals surface area contributed by atoms with Crippen LogP contribution in [-0.2, 0) is 0 Å². The Balaban J connectivity index is 2.40. The maximum Gasteiger partial charge on any atom is 0.310 e. The fourth-order valence-electron chi connectivity index (χ4n) is 1.35. The van der Waals surface area contributed by atoms with Gasteiger partial charge < -0.3 is 4.42 Å². The molecule has 0 aliphatic carbocycles. The predicted octanol–water partition coefficient (Wildman–Crippen LogP) is 3.48. The van der Waals surface area contributed by atoms with Crippen LogP contribution in [0.25, 0.3) is 11.3 Å². The summed E-state index contributed by atoms with van der Waals surface area (Å²) in [6.45, 7) is 0. The molecule has 1 heterocycles. The van der Waals surface area contributed by atoms with Crippen molar-refractivity contribution in [3.63, 3.8) is 0 Å². The van der Waals surface area contributed by atoms with E-state index < -0.39 is 5.91 Å². The van der Waals surface area contributed by atoms with Crippen LogP contribution in [0.2, 0.25) is 5.02 Å². The lowest BCUT2D eigenvalue weighted by atomic mass is 10.2. The van der Waals surface area contributed by atoms with Crippen LogP contribution >= 0.6 is 27.5 Å². The van der Waals surface area contributed by atoms with E-state index in [9.17, 15) is 4.79 Å². The Labute approximate surface area is 110 Å². The second-order valence-electron chi connectivity index (χ2n) is 3.23. The van der Waals surface area contributed by atoms with Crippen LogP contribution in [0.15, 0.2) is 39.2 Å². The van der Waals surface area contributed by atoms with Gasteiger partial charge in [-0.25, -0.2) is 5.48 Å². The Morgan fingerprint density at radius 3 is 2.76 bits per heavy atom. The number of rotatable bonds is 2. The molecule has 4 nitrogen and oxygen atoms in total. The fraction of sp³-hybridized carbons (Fsp3) is 0. The van der Waals surface area contributed by atoms with Gasteiger partial charge in [-0.1, -0.05) is 27.5 Å². The summed E-state index contributed by atoms with van der Waals surface area (Å²) >= 11 is 9.34. The number of carbonyl (C=O) groups is 1. The Kier molecular flexibility index (Phi) is 3.51. The van der Waals surface area contributed by atoms with Gasteiger partial charge in [-0.3, -0.25) is 10.0 Å². The first-order valence-electron chi connectivity index (χ1n) is 4.61. The SMILES string of the molecule is O=C(NO)c1ccc(-c2ccc(Br)cc2Cl)o1. The van der Waals surface area contributed by atoms with Crippen LogP contribution in [0.3, 0.4) is 0 Å². The van der Waals surface area contributed by atoms with Gasteiger partial charge in [0.2, 0.25) is 0 Å². The molecule has 0 saturated carbocycles. The molecule has 0 spiro atoms. The van der Waals surface area contributed by atoms with E-state index in [1.807, 2.05) is 6.07 Å². The number of carbonyl (C=O) groups excluding carboxylic acids is 1. The van der Waals surface area contributed by atoms with Crippen molar-refractivity contribution in [1.82, 2.24) is 5.48 Å². The van der Waals surface area contributed by atoms with E-state index >= 15 is 0 Å². The molecule has 17 heavy (non-hydrogen) atoms. The van der Waals surface area contributed by atoms with Crippen LogP contribution in [-0.4, -0.2) is 11.1 Å². The summed E-state index contributed by atoms with van der Waals surface area (Å²) in [5.41, 5.74) is 2.17. The molecular weight excluding hydrogens is 309 g/mol. The van der Waals surface area contributed by atoms with E-state index in [-0.39, 0.29) is 5.76 Å². The van der Waals surface area contributed by atoms with Crippen molar-refractivity contribution < 1.29 is 14.4 Å². The van der Waals surface area contributed by atoms with Crippen molar-refractivity contribution in [2.75, 3.05) is 0 Å². The lowest BCUT2D eigenvalue weighted by molar-refractivity contribution is 0.0677. The molecule has 0 saturated heterocycles. The summed E-state index contributed by atoms with van der Waals surface area (Å²) in [6, 6.07) is 8.38. The average molecular weight is 317 g/mol. The summed E-state index contributed by atoms with van der Waals surface area (Å²) in [6.07, 6.45) is 0. The van der Waals surface area contributed by atoms with Crippen LogP contribution in [0.4, 0.5) is 0 Å². The number of hydroxylamine groups is 1. The summed E-state index contributed by atoms with van der Waals surface area (Å²) in [7, 11) is 0. The standard InChI is InChI=1S/C11H7BrClNO3/c12-6-1-2-7(8(13)5-6)9-3-4-10(17-9)11(15)14-16/h1-5,16H,(H,14,15). The topological polar surface area (TPSA) is 62.5 Å². The lowest BCUT2D eigenvalue weighted by Crippen LogP contribution is -2.17. The zero-order valence-corrected chi connectivity index (χ0v) is 10.7. The van der Waals surface area contributed by atoms with Crippen molar-refractivity contribution in [3.05, 3.63) is 45.6 Å². The van der Waals surface area contributed by atoms with Gasteiger partial charge in [-0.15, -0.1) is 0 Å². The lowest BCUT2D eigenvalue weighted by Gasteiger charge is -2.01. The minimum absolute atomic E-state index is 0.0153. The van der Waals surface area contributed by atoms with Crippen LogP contribution < -0.4 is 5.48 Å². The Hall–Kier alpha value is -1.30. The summed E-state index contributed by atoms with van der Waals surface area (Å²) in [5.74, 6) is -0.230.